The van der Waals surface area contributed by atoms with Crippen molar-refractivity contribution in [3.63, 3.8) is 0 Å². The van der Waals surface area contributed by atoms with E-state index in [1.165, 1.54) is 12.1 Å². The SMILES string of the molecule is C[C@H](OC(=O)c1cc(Oc2ccc(C(F)(F)F)cc2Cl)ccc1Cl)C(=O)O.O=C(O)CNCP(=O)(O)O. The maximum absolute atomic E-state index is 12.7. The summed E-state index contributed by atoms with van der Waals surface area (Å²) in [6.07, 6.45) is -6.55. The first-order valence-corrected chi connectivity index (χ1v) is 12.2. The second-order valence-electron chi connectivity index (χ2n) is 6.92. The lowest BCUT2D eigenvalue weighted by Crippen LogP contribution is -2.23. The number of aliphatic carboxylic acids is 2. The predicted molar refractivity (Wildman–Crippen MR) is 123 cm³/mol. The van der Waals surface area contributed by atoms with Gasteiger partial charge in [0.25, 0.3) is 0 Å². The number of carbonyl (C=O) groups excluding carboxylic acids is 1. The Hall–Kier alpha value is -2.87. The van der Waals surface area contributed by atoms with Crippen molar-refractivity contribution in [1.29, 1.82) is 0 Å². The number of hydrogen-bond donors (Lipinski definition) is 5. The highest BCUT2D eigenvalue weighted by molar-refractivity contribution is 7.51. The smallest absolute Gasteiger partial charge is 0.416 e. The molecule has 37 heavy (non-hydrogen) atoms. The highest BCUT2D eigenvalue weighted by Gasteiger charge is 2.31. The molecule has 11 nitrogen and oxygen atoms in total. The number of carboxylic acid groups (broad SMARTS) is 2. The summed E-state index contributed by atoms with van der Waals surface area (Å²) in [5.74, 6) is -3.53. The fourth-order valence-electron chi connectivity index (χ4n) is 2.19. The van der Waals surface area contributed by atoms with Gasteiger partial charge in [0.1, 0.15) is 11.5 Å². The number of hydrogen-bond acceptors (Lipinski definition) is 7. The van der Waals surface area contributed by atoms with Crippen LogP contribution in [0.1, 0.15) is 22.8 Å². The summed E-state index contributed by atoms with van der Waals surface area (Å²) in [7, 11) is -4.10. The summed E-state index contributed by atoms with van der Waals surface area (Å²) in [5, 5.41) is 18.5. The minimum atomic E-state index is -4.56. The quantitative estimate of drug-likeness (QED) is 0.208. The molecule has 0 spiro atoms. The Bertz CT molecular complexity index is 1190. The fraction of sp³-hybridized carbons (Fsp3) is 0.250. The van der Waals surface area contributed by atoms with E-state index in [4.69, 9.17) is 52.7 Å². The Morgan fingerprint density at radius 3 is 2.16 bits per heavy atom. The highest BCUT2D eigenvalue weighted by atomic mass is 35.5. The number of carbonyl (C=O) groups is 3. The minimum absolute atomic E-state index is 0.0246. The van der Waals surface area contributed by atoms with Crippen molar-refractivity contribution < 1.29 is 61.6 Å². The number of ether oxygens (including phenoxy) is 2. The largest absolute Gasteiger partial charge is 0.480 e. The van der Waals surface area contributed by atoms with Crippen LogP contribution in [0.2, 0.25) is 10.0 Å². The number of nitrogens with one attached hydrogen (secondary N) is 1. The van der Waals surface area contributed by atoms with E-state index in [-0.39, 0.29) is 27.1 Å². The van der Waals surface area contributed by atoms with E-state index in [9.17, 15) is 32.1 Å². The van der Waals surface area contributed by atoms with Gasteiger partial charge in [-0.25, -0.2) is 9.59 Å². The molecule has 0 aliphatic carbocycles. The van der Waals surface area contributed by atoms with Gasteiger partial charge < -0.3 is 29.5 Å². The Kier molecular flexibility index (Phi) is 11.8. The van der Waals surface area contributed by atoms with Crippen LogP contribution in [0.15, 0.2) is 36.4 Å². The van der Waals surface area contributed by atoms with Gasteiger partial charge in [-0.2, -0.15) is 13.2 Å². The maximum Gasteiger partial charge on any atom is 0.416 e. The molecule has 0 unspecified atom stereocenters. The van der Waals surface area contributed by atoms with Gasteiger partial charge >= 0.3 is 31.7 Å². The Balaban J connectivity index is 0.000000580. The average molecular weight is 592 g/mol. The highest BCUT2D eigenvalue weighted by Crippen LogP contribution is 2.37. The van der Waals surface area contributed by atoms with Crippen LogP contribution in [-0.2, 0) is 25.1 Å². The summed E-state index contributed by atoms with van der Waals surface area (Å²) in [5.41, 5.74) is -1.12. The third-order valence-electron chi connectivity index (χ3n) is 3.87. The lowest BCUT2D eigenvalue weighted by Gasteiger charge is -2.13. The first-order chi connectivity index (χ1) is 16.9. The monoisotopic (exact) mass is 591 g/mol. The van der Waals surface area contributed by atoms with Crippen molar-refractivity contribution in [1.82, 2.24) is 5.32 Å². The molecule has 0 heterocycles. The molecule has 2 aromatic rings. The van der Waals surface area contributed by atoms with Crippen LogP contribution in [0.25, 0.3) is 0 Å². The van der Waals surface area contributed by atoms with E-state index in [0.717, 1.165) is 25.1 Å². The molecule has 2 rings (SSSR count). The third kappa shape index (κ3) is 11.8. The number of rotatable bonds is 9. The molecule has 0 fully saturated rings. The number of benzene rings is 2. The van der Waals surface area contributed by atoms with Crippen LogP contribution in [0.5, 0.6) is 11.5 Å². The average Bonchev–Trinajstić information content (AvgIpc) is 2.74. The summed E-state index contributed by atoms with van der Waals surface area (Å²) >= 11 is 11.7. The Morgan fingerprint density at radius 1 is 1.05 bits per heavy atom. The van der Waals surface area contributed by atoms with Crippen LogP contribution >= 0.6 is 30.8 Å². The van der Waals surface area contributed by atoms with Crippen molar-refractivity contribution in [3.05, 3.63) is 57.6 Å². The van der Waals surface area contributed by atoms with Gasteiger partial charge in [0.2, 0.25) is 0 Å². The van der Waals surface area contributed by atoms with Crippen LogP contribution in [0, 0.1) is 0 Å². The maximum atomic E-state index is 12.7. The number of alkyl halides is 3. The molecule has 204 valence electrons. The molecule has 0 aliphatic heterocycles. The summed E-state index contributed by atoms with van der Waals surface area (Å²) < 4.78 is 58.2. The topological polar surface area (TPSA) is 180 Å². The third-order valence-corrected chi connectivity index (χ3v) is 5.13. The second kappa shape index (κ2) is 13.6. The normalized spacial score (nSPS) is 12.1. The molecule has 0 radical (unpaired) electrons. The van der Waals surface area contributed by atoms with E-state index in [1.54, 1.807) is 0 Å². The Morgan fingerprint density at radius 2 is 1.68 bits per heavy atom. The first-order valence-electron chi connectivity index (χ1n) is 9.65. The summed E-state index contributed by atoms with van der Waals surface area (Å²) in [4.78, 5) is 48.9. The fourth-order valence-corrected chi connectivity index (χ4v) is 3.01. The van der Waals surface area contributed by atoms with Crippen molar-refractivity contribution in [2.75, 3.05) is 12.8 Å². The molecule has 0 aliphatic rings. The molecule has 0 saturated carbocycles. The predicted octanol–water partition coefficient (Wildman–Crippen LogP) is 4.23. The second-order valence-corrected chi connectivity index (χ2v) is 9.38. The number of esters is 1. The molecule has 0 aromatic heterocycles. The van der Waals surface area contributed by atoms with Crippen LogP contribution in [0.3, 0.4) is 0 Å². The summed E-state index contributed by atoms with van der Waals surface area (Å²) in [6, 6.07) is 6.33. The minimum Gasteiger partial charge on any atom is -0.480 e. The van der Waals surface area contributed by atoms with Crippen molar-refractivity contribution in [2.45, 2.75) is 19.2 Å². The molecule has 0 saturated heterocycles. The van der Waals surface area contributed by atoms with Crippen molar-refractivity contribution >= 4 is 48.7 Å². The van der Waals surface area contributed by atoms with E-state index in [0.29, 0.717) is 6.07 Å². The molecule has 5 N–H and O–H groups in total. The van der Waals surface area contributed by atoms with E-state index < -0.39 is 56.2 Å². The van der Waals surface area contributed by atoms with E-state index >= 15 is 0 Å². The Labute approximate surface area is 216 Å². The van der Waals surface area contributed by atoms with Crippen LogP contribution < -0.4 is 10.1 Å². The number of carboxylic acids is 2. The molecular weight excluding hydrogens is 573 g/mol. The standard InChI is InChI=1S/C17H11Cl2F3O5.C3H8NO5P/c1-8(15(23)24)26-16(25)11-7-10(3-4-12(11)18)27-14-5-2-9(6-13(14)19)17(20,21)22;5-3(6)1-4-2-10(7,8)9/h2-8H,1H3,(H,23,24);4H,1-2H2,(H,5,6)(H2,7,8,9)/t8-;/m0./s1. The lowest BCUT2D eigenvalue weighted by molar-refractivity contribution is -0.146. The molecule has 1 atom stereocenters. The first kappa shape index (κ1) is 32.2. The van der Waals surface area contributed by atoms with Gasteiger partial charge in [-0.3, -0.25) is 14.7 Å². The zero-order valence-corrected chi connectivity index (χ0v) is 20.9. The van der Waals surface area contributed by atoms with Gasteiger partial charge in [0.05, 0.1) is 34.0 Å². The van der Waals surface area contributed by atoms with Crippen molar-refractivity contribution in [2.24, 2.45) is 0 Å². The van der Waals surface area contributed by atoms with Gasteiger partial charge in [0, 0.05) is 0 Å². The van der Waals surface area contributed by atoms with Gasteiger partial charge in [-0.1, -0.05) is 23.2 Å². The van der Waals surface area contributed by atoms with E-state index in [1.807, 2.05) is 0 Å². The van der Waals surface area contributed by atoms with Gasteiger partial charge in [-0.05, 0) is 43.3 Å². The van der Waals surface area contributed by atoms with Crippen LogP contribution in [0.4, 0.5) is 13.2 Å². The van der Waals surface area contributed by atoms with Crippen LogP contribution in [-0.4, -0.2) is 56.8 Å². The van der Waals surface area contributed by atoms with Crippen molar-refractivity contribution in [3.8, 4) is 11.5 Å². The molecule has 0 amide bonds. The van der Waals surface area contributed by atoms with E-state index in [2.05, 4.69) is 5.32 Å². The zero-order valence-electron chi connectivity index (χ0n) is 18.5. The molecule has 0 bridgehead atoms. The zero-order chi connectivity index (χ0) is 28.6. The molecular formula is C20H19Cl2F3NO10P. The van der Waals surface area contributed by atoms with Gasteiger partial charge in [0.15, 0.2) is 6.10 Å². The molecule has 2 aromatic carbocycles. The summed E-state index contributed by atoms with van der Waals surface area (Å²) in [6.45, 7) is 0.724. The number of halogens is 5. The lowest BCUT2D eigenvalue weighted by atomic mass is 10.2. The van der Waals surface area contributed by atoms with Gasteiger partial charge in [-0.15, -0.1) is 0 Å². The molecule has 17 heteroatoms.